The van der Waals surface area contributed by atoms with Crippen LogP contribution in [0.1, 0.15) is 25.8 Å². The Kier molecular flexibility index (Phi) is 4.54. The summed E-state index contributed by atoms with van der Waals surface area (Å²) in [5, 5.41) is 0.388. The first kappa shape index (κ1) is 18.1. The summed E-state index contributed by atoms with van der Waals surface area (Å²) in [5.41, 5.74) is -0.257. The van der Waals surface area contributed by atoms with Crippen molar-refractivity contribution in [3.8, 4) is 5.75 Å². The van der Waals surface area contributed by atoms with Crippen LogP contribution in [0.5, 0.6) is 5.75 Å². The van der Waals surface area contributed by atoms with Crippen LogP contribution in [0.15, 0.2) is 41.3 Å². The molecule has 25 heavy (non-hydrogen) atoms. The first-order valence-electron chi connectivity index (χ1n) is 7.81. The lowest BCUT2D eigenvalue weighted by atomic mass is 9.85. The van der Waals surface area contributed by atoms with Gasteiger partial charge in [-0.05, 0) is 55.7 Å². The number of halogens is 3. The average molecular weight is 387 g/mol. The predicted molar refractivity (Wildman–Crippen MR) is 91.6 cm³/mol. The maximum atomic E-state index is 14.7. The molecular formula is C18H17ClF2O3S. The van der Waals surface area contributed by atoms with Gasteiger partial charge in [-0.15, -0.1) is 0 Å². The second-order valence-electron chi connectivity index (χ2n) is 6.34. The normalized spacial score (nSPS) is 23.5. The van der Waals surface area contributed by atoms with Gasteiger partial charge in [0.1, 0.15) is 10.6 Å². The number of ether oxygens (including phenoxy) is 1. The Morgan fingerprint density at radius 2 is 1.72 bits per heavy atom. The van der Waals surface area contributed by atoms with Crippen LogP contribution in [-0.2, 0) is 14.6 Å². The van der Waals surface area contributed by atoms with Gasteiger partial charge in [-0.3, -0.25) is 0 Å². The predicted octanol–water partition coefficient (Wildman–Crippen LogP) is 4.73. The summed E-state index contributed by atoms with van der Waals surface area (Å²) in [7, 11) is -4.05. The molecule has 0 aliphatic carbocycles. The standard InChI is InChI=1S/C18H17ClF2O3S/c1-11-9-10-24-17-15(21)8-7-14(20)16(17)18(11,2)25(22,23)13-5-3-12(19)4-6-13/h3-8,11H,9-10H2,1-2H3. The molecule has 0 fully saturated rings. The second kappa shape index (κ2) is 6.25. The Morgan fingerprint density at radius 3 is 2.36 bits per heavy atom. The van der Waals surface area contributed by atoms with Crippen LogP contribution in [0.3, 0.4) is 0 Å². The molecule has 0 N–H and O–H groups in total. The number of hydrogen-bond donors (Lipinski definition) is 0. The Morgan fingerprint density at radius 1 is 1.12 bits per heavy atom. The molecule has 134 valence electrons. The molecule has 2 aromatic carbocycles. The number of rotatable bonds is 2. The van der Waals surface area contributed by atoms with Gasteiger partial charge in [0.2, 0.25) is 0 Å². The topological polar surface area (TPSA) is 43.4 Å². The van der Waals surface area contributed by atoms with Crippen LogP contribution >= 0.6 is 11.6 Å². The van der Waals surface area contributed by atoms with Gasteiger partial charge < -0.3 is 4.74 Å². The zero-order valence-corrected chi connectivity index (χ0v) is 15.3. The minimum absolute atomic E-state index is 0.00256. The van der Waals surface area contributed by atoms with E-state index in [2.05, 4.69) is 0 Å². The van der Waals surface area contributed by atoms with Gasteiger partial charge in [0.15, 0.2) is 21.4 Å². The second-order valence-corrected chi connectivity index (χ2v) is 9.10. The average Bonchev–Trinajstić information content (AvgIpc) is 2.70. The van der Waals surface area contributed by atoms with Crippen molar-refractivity contribution in [1.82, 2.24) is 0 Å². The van der Waals surface area contributed by atoms with Gasteiger partial charge in [0, 0.05) is 5.02 Å². The van der Waals surface area contributed by atoms with Crippen molar-refractivity contribution in [2.75, 3.05) is 6.61 Å². The van der Waals surface area contributed by atoms with E-state index < -0.39 is 32.1 Å². The molecule has 1 aliphatic heterocycles. The highest BCUT2D eigenvalue weighted by molar-refractivity contribution is 7.92. The van der Waals surface area contributed by atoms with E-state index in [0.717, 1.165) is 12.1 Å². The Hall–Kier alpha value is -1.66. The molecule has 2 unspecified atom stereocenters. The molecule has 1 aliphatic rings. The van der Waals surface area contributed by atoms with E-state index in [9.17, 15) is 17.2 Å². The van der Waals surface area contributed by atoms with Crippen LogP contribution in [0.2, 0.25) is 5.02 Å². The van der Waals surface area contributed by atoms with Crippen LogP contribution in [0, 0.1) is 17.6 Å². The first-order valence-corrected chi connectivity index (χ1v) is 9.67. The number of sulfone groups is 1. The highest BCUT2D eigenvalue weighted by Gasteiger charge is 2.51. The number of fused-ring (bicyclic) bond motifs is 1. The van der Waals surface area contributed by atoms with Crippen LogP contribution in [-0.4, -0.2) is 15.0 Å². The van der Waals surface area contributed by atoms with Crippen molar-refractivity contribution >= 4 is 21.4 Å². The Labute approximate surface area is 150 Å². The van der Waals surface area contributed by atoms with E-state index in [1.807, 2.05) is 0 Å². The maximum Gasteiger partial charge on any atom is 0.188 e. The molecule has 2 atom stereocenters. The Balaban J connectivity index is 2.33. The van der Waals surface area contributed by atoms with Gasteiger partial charge >= 0.3 is 0 Å². The lowest BCUT2D eigenvalue weighted by molar-refractivity contribution is 0.279. The van der Waals surface area contributed by atoms with Gasteiger partial charge in [-0.25, -0.2) is 17.2 Å². The highest BCUT2D eigenvalue weighted by Crippen LogP contribution is 2.49. The molecular weight excluding hydrogens is 370 g/mol. The summed E-state index contributed by atoms with van der Waals surface area (Å²) in [6, 6.07) is 7.54. The van der Waals surface area contributed by atoms with Crippen molar-refractivity contribution in [2.24, 2.45) is 5.92 Å². The fraction of sp³-hybridized carbons (Fsp3) is 0.333. The molecule has 0 radical (unpaired) electrons. The molecule has 2 aromatic rings. The summed E-state index contributed by atoms with van der Waals surface area (Å²) in [5.74, 6) is -2.40. The molecule has 0 bridgehead atoms. The lowest BCUT2D eigenvalue weighted by Gasteiger charge is -2.34. The molecule has 0 spiro atoms. The van der Waals surface area contributed by atoms with Crippen molar-refractivity contribution in [1.29, 1.82) is 0 Å². The highest BCUT2D eigenvalue weighted by atomic mass is 35.5. The molecule has 0 saturated carbocycles. The molecule has 3 rings (SSSR count). The van der Waals surface area contributed by atoms with Gasteiger partial charge in [-0.2, -0.15) is 0 Å². The smallest absolute Gasteiger partial charge is 0.188 e. The maximum absolute atomic E-state index is 14.7. The number of benzene rings is 2. The molecule has 7 heteroatoms. The van der Waals surface area contributed by atoms with E-state index in [4.69, 9.17) is 16.3 Å². The first-order chi connectivity index (χ1) is 11.7. The number of hydrogen-bond acceptors (Lipinski definition) is 3. The third-order valence-corrected chi connectivity index (χ3v) is 7.84. The summed E-state index contributed by atoms with van der Waals surface area (Å²) < 4.78 is 59.5. The van der Waals surface area contributed by atoms with Crippen LogP contribution in [0.25, 0.3) is 0 Å². The fourth-order valence-corrected chi connectivity index (χ4v) is 5.47. The third kappa shape index (κ3) is 2.72. The molecule has 0 saturated heterocycles. The van der Waals surface area contributed by atoms with Crippen LogP contribution < -0.4 is 4.74 Å². The monoisotopic (exact) mass is 386 g/mol. The zero-order chi connectivity index (χ0) is 18.4. The lowest BCUT2D eigenvalue weighted by Crippen LogP contribution is -2.39. The van der Waals surface area contributed by atoms with E-state index in [-0.39, 0.29) is 22.8 Å². The Bertz CT molecular complexity index is 913. The van der Waals surface area contributed by atoms with Gasteiger partial charge in [0.05, 0.1) is 17.1 Å². The third-order valence-electron chi connectivity index (χ3n) is 4.98. The van der Waals surface area contributed by atoms with Crippen molar-refractivity contribution in [2.45, 2.75) is 29.9 Å². The van der Waals surface area contributed by atoms with E-state index in [1.165, 1.54) is 31.2 Å². The fourth-order valence-electron chi connectivity index (χ4n) is 3.25. The minimum Gasteiger partial charge on any atom is -0.490 e. The SMILES string of the molecule is CC1CCOc2c(F)ccc(F)c2C1(C)S(=O)(=O)c1ccc(Cl)cc1. The van der Waals surface area contributed by atoms with Gasteiger partial charge in [-0.1, -0.05) is 18.5 Å². The van der Waals surface area contributed by atoms with Crippen molar-refractivity contribution < 1.29 is 21.9 Å². The quantitative estimate of drug-likeness (QED) is 0.749. The van der Waals surface area contributed by atoms with E-state index >= 15 is 0 Å². The summed E-state index contributed by atoms with van der Waals surface area (Å²) >= 11 is 5.84. The molecule has 0 aromatic heterocycles. The van der Waals surface area contributed by atoms with E-state index in [0.29, 0.717) is 11.4 Å². The molecule has 1 heterocycles. The van der Waals surface area contributed by atoms with Crippen LogP contribution in [0.4, 0.5) is 8.78 Å². The summed E-state index contributed by atoms with van der Waals surface area (Å²) in [6.45, 7) is 3.24. The van der Waals surface area contributed by atoms with E-state index in [1.54, 1.807) is 6.92 Å². The summed E-state index contributed by atoms with van der Waals surface area (Å²) in [6.07, 6.45) is 0.344. The molecule has 0 amide bonds. The van der Waals surface area contributed by atoms with Crippen molar-refractivity contribution in [3.05, 3.63) is 58.6 Å². The minimum atomic E-state index is -4.05. The summed E-state index contributed by atoms with van der Waals surface area (Å²) in [4.78, 5) is 0.00256. The van der Waals surface area contributed by atoms with Gasteiger partial charge in [0.25, 0.3) is 0 Å². The zero-order valence-electron chi connectivity index (χ0n) is 13.7. The van der Waals surface area contributed by atoms with Crippen molar-refractivity contribution in [3.63, 3.8) is 0 Å². The largest absolute Gasteiger partial charge is 0.490 e. The molecule has 3 nitrogen and oxygen atoms in total.